The fourth-order valence-corrected chi connectivity index (χ4v) is 7.59. The van der Waals surface area contributed by atoms with Gasteiger partial charge in [0.05, 0.1) is 40.3 Å². The zero-order chi connectivity index (χ0) is 47.0. The zero-order valence-electron chi connectivity index (χ0n) is 42.2. The molecule has 0 amide bonds. The first kappa shape index (κ1) is 61.0. The lowest BCUT2D eigenvalue weighted by molar-refractivity contribution is -0.889. The maximum Gasteiger partial charge on any atom is 0.306 e. The number of carboxylic acids is 1. The van der Waals surface area contributed by atoms with Gasteiger partial charge in [-0.1, -0.05) is 190 Å². The average molecular weight is 898 g/mol. The molecule has 0 aromatic heterocycles. The van der Waals surface area contributed by atoms with Gasteiger partial charge in [-0.25, -0.2) is 0 Å². The first-order chi connectivity index (χ1) is 31.1. The largest absolute Gasteiger partial charge is 0.544 e. The van der Waals surface area contributed by atoms with Crippen LogP contribution >= 0.6 is 0 Å². The Morgan fingerprint density at radius 1 is 0.484 bits per heavy atom. The van der Waals surface area contributed by atoms with Gasteiger partial charge in [-0.3, -0.25) is 9.59 Å². The lowest BCUT2D eigenvalue weighted by atomic mass is 10.1. The maximum atomic E-state index is 12.8. The lowest BCUT2D eigenvalue weighted by Crippen LogP contribution is -2.55. The molecule has 370 valence electrons. The molecular formula is C56H99NO7. The highest BCUT2D eigenvalue weighted by molar-refractivity contribution is 5.70. The molecule has 0 aromatic rings. The van der Waals surface area contributed by atoms with Crippen LogP contribution in [0.15, 0.2) is 60.8 Å². The highest BCUT2D eigenvalue weighted by Crippen LogP contribution is 2.15. The van der Waals surface area contributed by atoms with Gasteiger partial charge in [0, 0.05) is 19.3 Å². The molecule has 0 aromatic carbocycles. The van der Waals surface area contributed by atoms with Crippen molar-refractivity contribution in [1.82, 2.24) is 0 Å². The second-order valence-electron chi connectivity index (χ2n) is 18.7. The van der Waals surface area contributed by atoms with E-state index in [1.807, 2.05) is 0 Å². The van der Waals surface area contributed by atoms with E-state index in [4.69, 9.17) is 14.2 Å². The monoisotopic (exact) mass is 898 g/mol. The van der Waals surface area contributed by atoms with Gasteiger partial charge in [0.15, 0.2) is 6.10 Å². The number of nitrogens with zero attached hydrogens (tertiary/aromatic N) is 1. The summed E-state index contributed by atoms with van der Waals surface area (Å²) in [7, 11) is 5.41. The van der Waals surface area contributed by atoms with Crippen molar-refractivity contribution in [2.75, 3.05) is 41.0 Å². The van der Waals surface area contributed by atoms with Crippen LogP contribution < -0.4 is 5.11 Å². The molecule has 0 bridgehead atoms. The summed E-state index contributed by atoms with van der Waals surface area (Å²) < 4.78 is 17.2. The molecule has 64 heavy (non-hydrogen) atoms. The van der Waals surface area contributed by atoms with E-state index in [9.17, 15) is 19.5 Å². The van der Waals surface area contributed by atoms with Crippen LogP contribution in [0, 0.1) is 0 Å². The number of carbonyl (C=O) groups excluding carboxylic acids is 3. The lowest BCUT2D eigenvalue weighted by Gasteiger charge is -2.34. The van der Waals surface area contributed by atoms with E-state index in [0.717, 1.165) is 77.0 Å². The third-order valence-electron chi connectivity index (χ3n) is 11.6. The van der Waals surface area contributed by atoms with Crippen LogP contribution in [0.2, 0.25) is 0 Å². The smallest absolute Gasteiger partial charge is 0.306 e. The van der Waals surface area contributed by atoms with Crippen LogP contribution in [0.5, 0.6) is 0 Å². The summed E-state index contributed by atoms with van der Waals surface area (Å²) in [6.45, 7) is 4.55. The van der Waals surface area contributed by atoms with E-state index >= 15 is 0 Å². The molecule has 8 nitrogen and oxygen atoms in total. The molecule has 2 atom stereocenters. The number of rotatable bonds is 47. The Kier molecular flexibility index (Phi) is 44.4. The molecule has 0 aliphatic rings. The highest BCUT2D eigenvalue weighted by Gasteiger charge is 2.25. The topological polar surface area (TPSA) is 102 Å². The van der Waals surface area contributed by atoms with Gasteiger partial charge in [0.1, 0.15) is 12.6 Å². The van der Waals surface area contributed by atoms with Crippen LogP contribution in [-0.2, 0) is 28.6 Å². The Bertz CT molecular complexity index is 1230. The molecule has 0 N–H and O–H groups in total. The number of likely N-dealkylation sites (N-methyl/N-ethyl adjacent to an activating group) is 1. The Labute approximate surface area is 394 Å². The zero-order valence-corrected chi connectivity index (χ0v) is 42.2. The van der Waals surface area contributed by atoms with Gasteiger partial charge in [0.2, 0.25) is 0 Å². The van der Waals surface area contributed by atoms with Crippen LogP contribution in [0.4, 0.5) is 0 Å². The van der Waals surface area contributed by atoms with Crippen LogP contribution in [0.3, 0.4) is 0 Å². The van der Waals surface area contributed by atoms with Gasteiger partial charge in [0.25, 0.3) is 0 Å². The number of ether oxygens (including phenoxy) is 3. The van der Waals surface area contributed by atoms with Gasteiger partial charge in [-0.2, -0.15) is 0 Å². The van der Waals surface area contributed by atoms with E-state index in [1.165, 1.54) is 116 Å². The minimum absolute atomic E-state index is 0.0331. The molecule has 0 saturated carbocycles. The van der Waals surface area contributed by atoms with Crippen molar-refractivity contribution >= 4 is 17.9 Å². The normalized spacial score (nSPS) is 13.3. The summed E-state index contributed by atoms with van der Waals surface area (Å²) >= 11 is 0. The van der Waals surface area contributed by atoms with Crippen molar-refractivity contribution in [2.24, 2.45) is 0 Å². The quantitative estimate of drug-likeness (QED) is 0.0259. The third kappa shape index (κ3) is 44.2. The second-order valence-corrected chi connectivity index (χ2v) is 18.7. The van der Waals surface area contributed by atoms with Crippen molar-refractivity contribution in [2.45, 2.75) is 238 Å². The third-order valence-corrected chi connectivity index (χ3v) is 11.6. The number of carboxylic acid groups (broad SMARTS) is 1. The summed E-state index contributed by atoms with van der Waals surface area (Å²) in [4.78, 5) is 37.1. The van der Waals surface area contributed by atoms with Crippen molar-refractivity contribution in [1.29, 1.82) is 0 Å². The van der Waals surface area contributed by atoms with Crippen LogP contribution in [0.1, 0.15) is 226 Å². The van der Waals surface area contributed by atoms with E-state index in [-0.39, 0.29) is 42.7 Å². The molecule has 0 radical (unpaired) electrons. The van der Waals surface area contributed by atoms with E-state index in [0.29, 0.717) is 12.8 Å². The van der Waals surface area contributed by atoms with Gasteiger partial charge < -0.3 is 28.6 Å². The van der Waals surface area contributed by atoms with E-state index in [1.54, 1.807) is 21.1 Å². The fourth-order valence-electron chi connectivity index (χ4n) is 7.59. The number of allylic oxidation sites excluding steroid dienone is 10. The Morgan fingerprint density at radius 3 is 1.31 bits per heavy atom. The van der Waals surface area contributed by atoms with E-state index < -0.39 is 18.1 Å². The Balaban J connectivity index is 4.26. The van der Waals surface area contributed by atoms with E-state index in [2.05, 4.69) is 74.6 Å². The average Bonchev–Trinajstić information content (AvgIpc) is 3.26. The molecule has 2 unspecified atom stereocenters. The SMILES string of the molecule is CC/C=C/C/C=C/C/C=C/C/C=C/CCCCCCCCC(=O)OCC(COCCC(C(=O)[O-])[N+](C)(C)C)OC(=O)CCCCCCCCC/C=C/CCCCCCCCCCCC. The highest BCUT2D eigenvalue weighted by atomic mass is 16.6. The minimum Gasteiger partial charge on any atom is -0.544 e. The molecule has 0 fully saturated rings. The van der Waals surface area contributed by atoms with Crippen LogP contribution in [-0.4, -0.2) is 75.5 Å². The number of esters is 2. The predicted molar refractivity (Wildman–Crippen MR) is 268 cm³/mol. The molecule has 0 saturated heterocycles. The van der Waals surface area contributed by atoms with Crippen LogP contribution in [0.25, 0.3) is 0 Å². The Hall–Kier alpha value is -2.97. The summed E-state index contributed by atoms with van der Waals surface area (Å²) in [5.74, 6) is -1.75. The van der Waals surface area contributed by atoms with Crippen molar-refractivity contribution in [3.63, 3.8) is 0 Å². The number of quaternary nitrogens is 1. The fraction of sp³-hybridized carbons (Fsp3) is 0.768. The number of carbonyl (C=O) groups is 3. The minimum atomic E-state index is -1.13. The molecule has 0 spiro atoms. The first-order valence-electron chi connectivity index (χ1n) is 26.3. The molecular weight excluding hydrogens is 799 g/mol. The van der Waals surface area contributed by atoms with Gasteiger partial charge in [-0.15, -0.1) is 0 Å². The Morgan fingerprint density at radius 2 is 0.875 bits per heavy atom. The number of aliphatic carboxylic acids is 1. The second kappa shape index (κ2) is 46.6. The predicted octanol–water partition coefficient (Wildman–Crippen LogP) is 14.0. The number of hydrogen-bond donors (Lipinski definition) is 0. The summed E-state index contributed by atoms with van der Waals surface area (Å²) in [6.07, 6.45) is 58.2. The van der Waals surface area contributed by atoms with Gasteiger partial charge >= 0.3 is 11.9 Å². The number of unbranched alkanes of at least 4 members (excludes halogenated alkanes) is 23. The molecule has 0 heterocycles. The molecule has 0 aliphatic carbocycles. The molecule has 0 aliphatic heterocycles. The molecule has 0 rings (SSSR count). The standard InChI is InChI=1S/C56H99NO7/c1-6-8-10-12-14-16-18-20-22-24-26-27-29-31-33-35-37-39-41-43-45-47-55(59)64-52(50-62-49-48-53(56(60)61)57(3,4)5)51-63-54(58)46-44-42-40-38-36-34-32-30-28-25-23-21-19-17-15-13-11-9-7-2/h9,11,15,17,21,23,27-30,52-53H,6-8,10,12-14,16,18-20,22,24-26,31-51H2,1-5H3/b11-9+,17-15+,23-21+,29-27+,30-28+. The summed E-state index contributed by atoms with van der Waals surface area (Å²) in [6, 6.07) is -0.731. The van der Waals surface area contributed by atoms with Gasteiger partial charge in [-0.05, 0) is 77.0 Å². The molecule has 8 heteroatoms. The van der Waals surface area contributed by atoms with Crippen molar-refractivity contribution in [3.05, 3.63) is 60.8 Å². The van der Waals surface area contributed by atoms with Crippen molar-refractivity contribution < 1.29 is 38.2 Å². The maximum absolute atomic E-state index is 12.8. The number of hydrogen-bond acceptors (Lipinski definition) is 7. The summed E-state index contributed by atoms with van der Waals surface area (Å²) in [5.41, 5.74) is 0. The first-order valence-corrected chi connectivity index (χ1v) is 26.3. The summed E-state index contributed by atoms with van der Waals surface area (Å²) in [5, 5.41) is 11.7. The van der Waals surface area contributed by atoms with Crippen molar-refractivity contribution in [3.8, 4) is 0 Å².